The minimum atomic E-state index is -0.476. The fourth-order valence-electron chi connectivity index (χ4n) is 5.04. The Morgan fingerprint density at radius 3 is 2.59 bits per heavy atom. The predicted octanol–water partition coefficient (Wildman–Crippen LogP) is 2.50. The van der Waals surface area contributed by atoms with E-state index >= 15 is 0 Å². The maximum atomic E-state index is 10.5. The van der Waals surface area contributed by atoms with E-state index < -0.39 is 5.54 Å². The molecule has 0 unspecified atom stereocenters. The zero-order chi connectivity index (χ0) is 19.0. The Bertz CT molecular complexity index is 797. The second-order valence-electron chi connectivity index (χ2n) is 7.67. The van der Waals surface area contributed by atoms with E-state index in [0.717, 1.165) is 30.8 Å². The normalized spacial score (nSPS) is 30.4. The molecule has 2 aromatic rings. The van der Waals surface area contributed by atoms with E-state index in [9.17, 15) is 10.2 Å². The molecule has 2 aromatic carbocycles. The molecule has 4 atom stereocenters. The van der Waals surface area contributed by atoms with E-state index in [1.807, 2.05) is 30.3 Å². The Labute approximate surface area is 160 Å². The molecule has 4 rings (SSSR count). The average molecular weight is 368 g/mol. The number of methoxy groups -OCH3 is 1. The Morgan fingerprint density at radius 1 is 1.19 bits per heavy atom. The van der Waals surface area contributed by atoms with Crippen molar-refractivity contribution in [3.05, 3.63) is 59.7 Å². The quantitative estimate of drug-likeness (QED) is 0.757. The van der Waals surface area contributed by atoms with Gasteiger partial charge in [0.2, 0.25) is 0 Å². The van der Waals surface area contributed by atoms with Crippen molar-refractivity contribution in [2.45, 2.75) is 18.5 Å². The van der Waals surface area contributed by atoms with Gasteiger partial charge in [-0.15, -0.1) is 0 Å². The number of fused-ring (bicyclic) bond motifs is 1. The summed E-state index contributed by atoms with van der Waals surface area (Å²) in [6, 6.07) is 16.0. The van der Waals surface area contributed by atoms with Crippen LogP contribution in [0.2, 0.25) is 0 Å². The number of nitrogens with one attached hydrogen (secondary N) is 1. The minimum absolute atomic E-state index is 0.0500. The largest absolute Gasteiger partial charge is 0.504 e. The number of ether oxygens (including phenoxy) is 1. The molecule has 2 aliphatic rings. The van der Waals surface area contributed by atoms with Crippen LogP contribution in [-0.2, 0) is 5.54 Å². The third-order valence-electron chi connectivity index (χ3n) is 6.46. The number of hydrogen-bond donors (Lipinski definition) is 3. The molecule has 2 fully saturated rings. The van der Waals surface area contributed by atoms with Crippen molar-refractivity contribution in [2.24, 2.45) is 11.8 Å². The number of aliphatic hydroxyl groups is 1. The van der Waals surface area contributed by atoms with Gasteiger partial charge in [0.1, 0.15) is 0 Å². The van der Waals surface area contributed by atoms with Crippen LogP contribution in [0, 0.1) is 11.8 Å². The molecule has 0 spiro atoms. The van der Waals surface area contributed by atoms with Crippen molar-refractivity contribution in [3.8, 4) is 11.5 Å². The molecule has 5 heteroatoms. The van der Waals surface area contributed by atoms with Crippen LogP contribution < -0.4 is 10.1 Å². The summed E-state index contributed by atoms with van der Waals surface area (Å²) < 4.78 is 5.20. The standard InChI is InChI=1S/C22H28N2O3/c1-3-24-12-17-18(13-24)22(14-25,16-7-5-4-6-8-16)23-21(17)15-9-10-20(27-2)19(26)11-15/h4-11,17-18,21,23,25-26H,3,12-14H2,1-2H3/t17-,18+,21-,22-/m0/s1. The molecular formula is C22H28N2O3. The van der Waals surface area contributed by atoms with Gasteiger partial charge in [0.15, 0.2) is 11.5 Å². The van der Waals surface area contributed by atoms with E-state index in [1.165, 1.54) is 0 Å². The molecule has 27 heavy (non-hydrogen) atoms. The van der Waals surface area contributed by atoms with Crippen molar-refractivity contribution in [1.82, 2.24) is 10.2 Å². The first-order valence-corrected chi connectivity index (χ1v) is 9.66. The number of likely N-dealkylation sites (tertiary alicyclic amines) is 1. The molecule has 0 amide bonds. The number of benzene rings is 2. The van der Waals surface area contributed by atoms with Crippen LogP contribution in [0.5, 0.6) is 11.5 Å². The number of phenols is 1. The molecule has 2 saturated heterocycles. The van der Waals surface area contributed by atoms with Crippen LogP contribution in [0.4, 0.5) is 0 Å². The highest BCUT2D eigenvalue weighted by atomic mass is 16.5. The first-order valence-electron chi connectivity index (χ1n) is 9.66. The SMILES string of the molecule is CCN1C[C@H]2[C@@H](C1)[C@](CO)(c1ccccc1)N[C@H]2c1ccc(OC)c(O)c1. The highest BCUT2D eigenvalue weighted by molar-refractivity contribution is 5.44. The third kappa shape index (κ3) is 2.90. The lowest BCUT2D eigenvalue weighted by Crippen LogP contribution is -2.48. The van der Waals surface area contributed by atoms with E-state index in [1.54, 1.807) is 13.2 Å². The Balaban J connectivity index is 1.77. The fourth-order valence-corrected chi connectivity index (χ4v) is 5.04. The van der Waals surface area contributed by atoms with Crippen LogP contribution in [0.25, 0.3) is 0 Å². The molecule has 0 radical (unpaired) electrons. The van der Waals surface area contributed by atoms with Gasteiger partial charge in [0.25, 0.3) is 0 Å². The van der Waals surface area contributed by atoms with Crippen LogP contribution in [0.1, 0.15) is 24.1 Å². The maximum Gasteiger partial charge on any atom is 0.160 e. The lowest BCUT2D eigenvalue weighted by molar-refractivity contribution is 0.127. The summed E-state index contributed by atoms with van der Waals surface area (Å²) in [7, 11) is 1.56. The minimum Gasteiger partial charge on any atom is -0.504 e. The number of aliphatic hydroxyl groups excluding tert-OH is 1. The molecule has 5 nitrogen and oxygen atoms in total. The topological polar surface area (TPSA) is 65.0 Å². The van der Waals surface area contributed by atoms with Gasteiger partial charge in [0.05, 0.1) is 19.3 Å². The van der Waals surface area contributed by atoms with Gasteiger partial charge in [-0.3, -0.25) is 5.32 Å². The first-order chi connectivity index (χ1) is 13.1. The summed E-state index contributed by atoms with van der Waals surface area (Å²) in [5.74, 6) is 1.30. The van der Waals surface area contributed by atoms with Gasteiger partial charge in [-0.2, -0.15) is 0 Å². The van der Waals surface area contributed by atoms with Gasteiger partial charge in [-0.05, 0) is 35.7 Å². The first kappa shape index (κ1) is 18.3. The predicted molar refractivity (Wildman–Crippen MR) is 105 cm³/mol. The molecule has 0 aliphatic carbocycles. The van der Waals surface area contributed by atoms with E-state index in [-0.39, 0.29) is 18.4 Å². The lowest BCUT2D eigenvalue weighted by atomic mass is 9.76. The summed E-state index contributed by atoms with van der Waals surface area (Å²) in [6.07, 6.45) is 0. The van der Waals surface area contributed by atoms with E-state index in [4.69, 9.17) is 4.74 Å². The van der Waals surface area contributed by atoms with Crippen molar-refractivity contribution < 1.29 is 14.9 Å². The van der Waals surface area contributed by atoms with Gasteiger partial charge >= 0.3 is 0 Å². The highest BCUT2D eigenvalue weighted by Crippen LogP contribution is 2.51. The van der Waals surface area contributed by atoms with Crippen LogP contribution >= 0.6 is 0 Å². The number of aromatic hydroxyl groups is 1. The zero-order valence-corrected chi connectivity index (χ0v) is 15.9. The summed E-state index contributed by atoms with van der Waals surface area (Å²) in [6.45, 7) is 5.19. The van der Waals surface area contributed by atoms with E-state index in [0.29, 0.717) is 17.6 Å². The smallest absolute Gasteiger partial charge is 0.160 e. The van der Waals surface area contributed by atoms with Gasteiger partial charge < -0.3 is 19.8 Å². The molecule has 0 saturated carbocycles. The highest BCUT2D eigenvalue weighted by Gasteiger charge is 2.57. The summed E-state index contributed by atoms with van der Waals surface area (Å²) in [5.41, 5.74) is 1.68. The molecule has 0 bridgehead atoms. The second-order valence-corrected chi connectivity index (χ2v) is 7.67. The summed E-state index contributed by atoms with van der Waals surface area (Å²) in [4.78, 5) is 2.46. The number of nitrogens with zero attached hydrogens (tertiary/aromatic N) is 1. The van der Waals surface area contributed by atoms with Crippen LogP contribution in [-0.4, -0.2) is 48.5 Å². The summed E-state index contributed by atoms with van der Waals surface area (Å²) in [5, 5.41) is 24.6. The monoisotopic (exact) mass is 368 g/mol. The average Bonchev–Trinajstić information content (AvgIpc) is 3.26. The molecule has 144 valence electrons. The molecule has 0 aromatic heterocycles. The Morgan fingerprint density at radius 2 is 1.96 bits per heavy atom. The Hall–Kier alpha value is -2.08. The van der Waals surface area contributed by atoms with Crippen molar-refractivity contribution in [1.29, 1.82) is 0 Å². The lowest BCUT2D eigenvalue weighted by Gasteiger charge is -2.35. The summed E-state index contributed by atoms with van der Waals surface area (Å²) >= 11 is 0. The van der Waals surface area contributed by atoms with Gasteiger partial charge in [-0.1, -0.05) is 43.3 Å². The fraction of sp³-hybridized carbons (Fsp3) is 0.455. The zero-order valence-electron chi connectivity index (χ0n) is 15.9. The second kappa shape index (κ2) is 7.15. The van der Waals surface area contributed by atoms with Gasteiger partial charge in [-0.25, -0.2) is 0 Å². The van der Waals surface area contributed by atoms with E-state index in [2.05, 4.69) is 29.3 Å². The number of phenolic OH excluding ortho intramolecular Hbond substituents is 1. The third-order valence-corrected chi connectivity index (χ3v) is 6.46. The maximum absolute atomic E-state index is 10.5. The van der Waals surface area contributed by atoms with Crippen molar-refractivity contribution >= 4 is 0 Å². The Kier molecular flexibility index (Phi) is 4.84. The van der Waals surface area contributed by atoms with Crippen molar-refractivity contribution in [2.75, 3.05) is 33.4 Å². The number of hydrogen-bond acceptors (Lipinski definition) is 5. The van der Waals surface area contributed by atoms with Crippen LogP contribution in [0.15, 0.2) is 48.5 Å². The molecule has 2 aliphatic heterocycles. The van der Waals surface area contributed by atoms with Gasteiger partial charge in [0, 0.05) is 25.0 Å². The molecular weight excluding hydrogens is 340 g/mol. The van der Waals surface area contributed by atoms with Crippen molar-refractivity contribution in [3.63, 3.8) is 0 Å². The number of rotatable bonds is 5. The van der Waals surface area contributed by atoms with Crippen LogP contribution in [0.3, 0.4) is 0 Å². The molecule has 3 N–H and O–H groups in total. The molecule has 2 heterocycles.